The van der Waals surface area contributed by atoms with Gasteiger partial charge in [-0.25, -0.2) is 0 Å². The summed E-state index contributed by atoms with van der Waals surface area (Å²) < 4.78 is 15.1. The molecule has 2 aromatic rings. The number of ether oxygens (including phenoxy) is 3. The first-order chi connectivity index (χ1) is 13.6. The van der Waals surface area contributed by atoms with Crippen LogP contribution in [0.25, 0.3) is 5.57 Å². The minimum absolute atomic E-state index is 0.186. The van der Waals surface area contributed by atoms with Crippen molar-refractivity contribution in [2.24, 2.45) is 0 Å². The molecular formula is C21H23ClN2O4. The molecule has 0 bridgehead atoms. The summed E-state index contributed by atoms with van der Waals surface area (Å²) in [7, 11) is 3.25. The van der Waals surface area contributed by atoms with Gasteiger partial charge in [-0.3, -0.25) is 4.79 Å². The third-order valence-corrected chi connectivity index (χ3v) is 4.83. The van der Waals surface area contributed by atoms with Crippen LogP contribution in [0.4, 0.5) is 5.69 Å². The summed E-state index contributed by atoms with van der Waals surface area (Å²) in [5.41, 5.74) is 9.78. The zero-order valence-electron chi connectivity index (χ0n) is 15.9. The molecule has 7 heteroatoms. The van der Waals surface area contributed by atoms with Gasteiger partial charge in [-0.1, -0.05) is 23.7 Å². The highest BCUT2D eigenvalue weighted by atomic mass is 35.5. The highest BCUT2D eigenvalue weighted by Crippen LogP contribution is 2.39. The minimum atomic E-state index is -0.186. The Labute approximate surface area is 169 Å². The fraction of sp³-hybridized carbons (Fsp3) is 0.286. The van der Waals surface area contributed by atoms with Crippen LogP contribution in [0, 0.1) is 0 Å². The van der Waals surface area contributed by atoms with E-state index >= 15 is 0 Å². The van der Waals surface area contributed by atoms with E-state index in [1.807, 2.05) is 24.3 Å². The molecule has 0 radical (unpaired) electrons. The molecule has 0 fully saturated rings. The molecule has 1 unspecified atom stereocenters. The summed E-state index contributed by atoms with van der Waals surface area (Å²) in [5, 5.41) is 0.641. The first-order valence-corrected chi connectivity index (χ1v) is 9.22. The Balaban J connectivity index is 0.000000706. The van der Waals surface area contributed by atoms with Crippen molar-refractivity contribution < 1.29 is 19.0 Å². The number of halogens is 1. The molecule has 2 aromatic carbocycles. The molecule has 0 saturated carbocycles. The second kappa shape index (κ2) is 8.99. The van der Waals surface area contributed by atoms with E-state index in [1.54, 1.807) is 31.3 Å². The molecule has 2 N–H and O–H groups in total. The molecule has 1 atom stereocenters. The first kappa shape index (κ1) is 20.0. The maximum absolute atomic E-state index is 11.5. The summed E-state index contributed by atoms with van der Waals surface area (Å²) in [6.45, 7) is 0.835. The highest BCUT2D eigenvalue weighted by Gasteiger charge is 2.25. The molecule has 0 saturated heterocycles. The Morgan fingerprint density at radius 3 is 2.68 bits per heavy atom. The normalized spacial score (nSPS) is 17.5. The van der Waals surface area contributed by atoms with Gasteiger partial charge in [0.15, 0.2) is 11.5 Å². The SMILES string of the molecule is COC.Nc1ccc(Cl)cc1C1=CC(c2ccc3c(c2)OCO3)N(C=O)CC1. The molecule has 2 aliphatic heterocycles. The molecule has 28 heavy (non-hydrogen) atoms. The van der Waals surface area contributed by atoms with Crippen LogP contribution in [0.3, 0.4) is 0 Å². The maximum Gasteiger partial charge on any atom is 0.231 e. The maximum atomic E-state index is 11.5. The van der Waals surface area contributed by atoms with E-state index in [4.69, 9.17) is 26.8 Å². The number of nitrogen functional groups attached to an aromatic ring is 1. The van der Waals surface area contributed by atoms with Crippen LogP contribution < -0.4 is 15.2 Å². The predicted molar refractivity (Wildman–Crippen MR) is 109 cm³/mol. The van der Waals surface area contributed by atoms with Gasteiger partial charge in [0.05, 0.1) is 6.04 Å². The Morgan fingerprint density at radius 1 is 1.18 bits per heavy atom. The third-order valence-electron chi connectivity index (χ3n) is 4.59. The number of nitrogens with zero attached hydrogens (tertiary/aromatic N) is 1. The lowest BCUT2D eigenvalue weighted by Gasteiger charge is -2.32. The van der Waals surface area contributed by atoms with Crippen LogP contribution >= 0.6 is 11.6 Å². The number of carbonyl (C=O) groups is 1. The number of fused-ring (bicyclic) bond motifs is 1. The first-order valence-electron chi connectivity index (χ1n) is 8.84. The lowest BCUT2D eigenvalue weighted by atomic mass is 9.92. The molecule has 1 amide bonds. The van der Waals surface area contributed by atoms with Crippen molar-refractivity contribution in [3.8, 4) is 11.5 Å². The fourth-order valence-corrected chi connectivity index (χ4v) is 3.46. The van der Waals surface area contributed by atoms with Gasteiger partial charge < -0.3 is 24.8 Å². The van der Waals surface area contributed by atoms with E-state index in [0.29, 0.717) is 23.0 Å². The Bertz CT molecular complexity index is 885. The van der Waals surface area contributed by atoms with Crippen LogP contribution in [0.1, 0.15) is 23.6 Å². The van der Waals surface area contributed by atoms with Gasteiger partial charge in [0, 0.05) is 37.0 Å². The monoisotopic (exact) mass is 402 g/mol. The van der Waals surface area contributed by atoms with E-state index in [0.717, 1.165) is 35.3 Å². The summed E-state index contributed by atoms with van der Waals surface area (Å²) in [6, 6.07) is 11.0. The molecule has 6 nitrogen and oxygen atoms in total. The molecule has 148 valence electrons. The van der Waals surface area contributed by atoms with E-state index < -0.39 is 0 Å². The minimum Gasteiger partial charge on any atom is -0.454 e. The molecule has 2 aliphatic rings. The standard InChI is InChI=1S/C19H17ClN2O3.C2H6O/c20-14-2-3-16(21)15(9-14)12-5-6-22(10-23)17(7-12)13-1-4-18-19(8-13)25-11-24-18;1-3-2/h1-4,7-10,17H,5-6,11,21H2;1-2H3. The van der Waals surface area contributed by atoms with Gasteiger partial charge in [0.1, 0.15) is 0 Å². The molecule has 0 aliphatic carbocycles. The number of nitrogens with two attached hydrogens (primary N) is 1. The zero-order chi connectivity index (χ0) is 20.1. The molecular weight excluding hydrogens is 380 g/mol. The number of hydrogen-bond donors (Lipinski definition) is 1. The summed E-state index contributed by atoms with van der Waals surface area (Å²) in [5.74, 6) is 1.42. The third kappa shape index (κ3) is 4.24. The van der Waals surface area contributed by atoms with Crippen molar-refractivity contribution in [2.45, 2.75) is 12.5 Å². The Hall–Kier alpha value is -2.70. The van der Waals surface area contributed by atoms with Crippen molar-refractivity contribution in [1.29, 1.82) is 0 Å². The average molecular weight is 403 g/mol. The predicted octanol–water partition coefficient (Wildman–Crippen LogP) is 3.90. The quantitative estimate of drug-likeness (QED) is 0.622. The number of benzene rings is 2. The zero-order valence-corrected chi connectivity index (χ0v) is 16.6. The van der Waals surface area contributed by atoms with E-state index in [1.165, 1.54) is 0 Å². The second-order valence-electron chi connectivity index (χ2n) is 6.48. The van der Waals surface area contributed by atoms with Crippen molar-refractivity contribution >= 4 is 29.3 Å². The number of amides is 1. The van der Waals surface area contributed by atoms with Gasteiger partial charge in [-0.15, -0.1) is 0 Å². The van der Waals surface area contributed by atoms with Crippen molar-refractivity contribution in [3.05, 3.63) is 58.6 Å². The van der Waals surface area contributed by atoms with Crippen LogP contribution in [0.5, 0.6) is 11.5 Å². The summed E-state index contributed by atoms with van der Waals surface area (Å²) in [6.07, 6.45) is 3.67. The van der Waals surface area contributed by atoms with E-state index in [-0.39, 0.29) is 12.8 Å². The summed E-state index contributed by atoms with van der Waals surface area (Å²) >= 11 is 6.13. The van der Waals surface area contributed by atoms with Crippen LogP contribution in [0.2, 0.25) is 5.02 Å². The Morgan fingerprint density at radius 2 is 1.93 bits per heavy atom. The topological polar surface area (TPSA) is 74.0 Å². The second-order valence-corrected chi connectivity index (χ2v) is 6.92. The lowest BCUT2D eigenvalue weighted by molar-refractivity contribution is -0.119. The largest absolute Gasteiger partial charge is 0.454 e. The average Bonchev–Trinajstić information content (AvgIpc) is 3.18. The van der Waals surface area contributed by atoms with Crippen LogP contribution in [0.15, 0.2) is 42.5 Å². The van der Waals surface area contributed by atoms with Gasteiger partial charge in [0.2, 0.25) is 13.2 Å². The summed E-state index contributed by atoms with van der Waals surface area (Å²) in [4.78, 5) is 13.3. The molecule has 4 rings (SSSR count). The van der Waals surface area contributed by atoms with E-state index in [2.05, 4.69) is 10.8 Å². The number of carbonyl (C=O) groups excluding carboxylic acids is 1. The Kier molecular flexibility index (Phi) is 6.44. The number of anilines is 1. The molecule has 2 heterocycles. The van der Waals surface area contributed by atoms with Gasteiger partial charge in [-0.05, 0) is 47.9 Å². The number of rotatable bonds is 3. The van der Waals surface area contributed by atoms with Gasteiger partial charge in [0.25, 0.3) is 0 Å². The van der Waals surface area contributed by atoms with Crippen molar-refractivity contribution in [2.75, 3.05) is 33.3 Å². The molecule has 0 spiro atoms. The lowest BCUT2D eigenvalue weighted by Crippen LogP contribution is -2.30. The molecule has 0 aromatic heterocycles. The van der Waals surface area contributed by atoms with Gasteiger partial charge >= 0.3 is 0 Å². The van der Waals surface area contributed by atoms with Crippen molar-refractivity contribution in [3.63, 3.8) is 0 Å². The van der Waals surface area contributed by atoms with Crippen molar-refractivity contribution in [1.82, 2.24) is 4.90 Å². The van der Waals surface area contributed by atoms with Crippen LogP contribution in [-0.2, 0) is 9.53 Å². The highest BCUT2D eigenvalue weighted by molar-refractivity contribution is 6.30. The number of hydrogen-bond acceptors (Lipinski definition) is 5. The number of methoxy groups -OCH3 is 1. The van der Waals surface area contributed by atoms with Gasteiger partial charge in [-0.2, -0.15) is 0 Å². The smallest absolute Gasteiger partial charge is 0.231 e. The fourth-order valence-electron chi connectivity index (χ4n) is 3.29. The van der Waals surface area contributed by atoms with Crippen LogP contribution in [-0.4, -0.2) is 38.9 Å². The van der Waals surface area contributed by atoms with E-state index in [9.17, 15) is 4.79 Å².